The SMILES string of the molecule is COc1cc(CNc2nc(OC)ccc2[N+](=O)[O-])ccn1. The van der Waals surface area contributed by atoms with E-state index in [1.165, 1.54) is 26.4 Å². The van der Waals surface area contributed by atoms with Crippen molar-refractivity contribution in [3.05, 3.63) is 46.1 Å². The van der Waals surface area contributed by atoms with Crippen LogP contribution in [-0.2, 0) is 6.54 Å². The minimum atomic E-state index is -0.498. The van der Waals surface area contributed by atoms with Crippen LogP contribution in [0.1, 0.15) is 5.56 Å². The topological polar surface area (TPSA) is 99.4 Å². The van der Waals surface area contributed by atoms with Gasteiger partial charge in [-0.2, -0.15) is 4.98 Å². The summed E-state index contributed by atoms with van der Waals surface area (Å²) in [6.07, 6.45) is 1.60. The summed E-state index contributed by atoms with van der Waals surface area (Å²) < 4.78 is 10.00. The van der Waals surface area contributed by atoms with Gasteiger partial charge in [-0.3, -0.25) is 10.1 Å². The molecular formula is C13H14N4O4. The maximum Gasteiger partial charge on any atom is 0.311 e. The van der Waals surface area contributed by atoms with Crippen LogP contribution in [0, 0.1) is 10.1 Å². The molecule has 0 unspecified atom stereocenters. The van der Waals surface area contributed by atoms with Crippen molar-refractivity contribution in [1.82, 2.24) is 9.97 Å². The van der Waals surface area contributed by atoms with Crippen molar-refractivity contribution in [2.24, 2.45) is 0 Å². The van der Waals surface area contributed by atoms with Gasteiger partial charge in [-0.1, -0.05) is 0 Å². The molecule has 0 spiro atoms. The fourth-order valence-corrected chi connectivity index (χ4v) is 1.68. The van der Waals surface area contributed by atoms with Crippen molar-refractivity contribution >= 4 is 11.5 Å². The number of ether oxygens (including phenoxy) is 2. The second kappa shape index (κ2) is 6.51. The quantitative estimate of drug-likeness (QED) is 0.641. The van der Waals surface area contributed by atoms with E-state index in [0.717, 1.165) is 5.56 Å². The van der Waals surface area contributed by atoms with Crippen LogP contribution in [0.5, 0.6) is 11.8 Å². The van der Waals surface area contributed by atoms with Gasteiger partial charge in [0, 0.05) is 30.9 Å². The average Bonchev–Trinajstić information content (AvgIpc) is 2.52. The molecule has 0 fully saturated rings. The normalized spacial score (nSPS) is 10.0. The van der Waals surface area contributed by atoms with Gasteiger partial charge in [-0.25, -0.2) is 4.98 Å². The highest BCUT2D eigenvalue weighted by Gasteiger charge is 2.16. The Kier molecular flexibility index (Phi) is 4.50. The Morgan fingerprint density at radius 2 is 2.00 bits per heavy atom. The predicted molar refractivity (Wildman–Crippen MR) is 75.6 cm³/mol. The van der Waals surface area contributed by atoms with Gasteiger partial charge in [0.15, 0.2) is 0 Å². The fourth-order valence-electron chi connectivity index (χ4n) is 1.68. The van der Waals surface area contributed by atoms with Gasteiger partial charge in [0.2, 0.25) is 17.6 Å². The molecule has 2 heterocycles. The first kappa shape index (κ1) is 14.5. The van der Waals surface area contributed by atoms with Crippen LogP contribution < -0.4 is 14.8 Å². The maximum atomic E-state index is 11.0. The van der Waals surface area contributed by atoms with E-state index in [9.17, 15) is 10.1 Å². The van der Waals surface area contributed by atoms with E-state index >= 15 is 0 Å². The van der Waals surface area contributed by atoms with Crippen molar-refractivity contribution < 1.29 is 14.4 Å². The molecule has 8 heteroatoms. The van der Waals surface area contributed by atoms with Crippen molar-refractivity contribution in [2.75, 3.05) is 19.5 Å². The Balaban J connectivity index is 2.19. The standard InChI is InChI=1S/C13H14N4O4/c1-20-11-4-3-10(17(18)19)13(16-11)15-8-9-5-6-14-12(7-9)21-2/h3-7H,8H2,1-2H3,(H,15,16). The predicted octanol–water partition coefficient (Wildman–Crippen LogP) is 2.01. The third-order valence-corrected chi connectivity index (χ3v) is 2.72. The number of pyridine rings is 2. The maximum absolute atomic E-state index is 11.0. The minimum absolute atomic E-state index is 0.114. The summed E-state index contributed by atoms with van der Waals surface area (Å²) in [5, 5.41) is 13.9. The highest BCUT2D eigenvalue weighted by molar-refractivity contribution is 5.57. The van der Waals surface area contributed by atoms with Crippen LogP contribution in [0.3, 0.4) is 0 Å². The molecule has 0 amide bonds. The Labute approximate surface area is 120 Å². The smallest absolute Gasteiger partial charge is 0.311 e. The zero-order valence-electron chi connectivity index (χ0n) is 11.6. The average molecular weight is 290 g/mol. The molecule has 21 heavy (non-hydrogen) atoms. The van der Waals surface area contributed by atoms with Crippen LogP contribution >= 0.6 is 0 Å². The summed E-state index contributed by atoms with van der Waals surface area (Å²) in [6.45, 7) is 0.347. The third-order valence-electron chi connectivity index (χ3n) is 2.72. The van der Waals surface area contributed by atoms with Crippen LogP contribution in [0.25, 0.3) is 0 Å². The molecule has 0 saturated carbocycles. The van der Waals surface area contributed by atoms with Crippen LogP contribution in [0.2, 0.25) is 0 Å². The highest BCUT2D eigenvalue weighted by Crippen LogP contribution is 2.25. The van der Waals surface area contributed by atoms with Gasteiger partial charge in [-0.15, -0.1) is 0 Å². The summed E-state index contributed by atoms with van der Waals surface area (Å²) in [5.41, 5.74) is 0.748. The van der Waals surface area contributed by atoms with Gasteiger partial charge in [0.25, 0.3) is 0 Å². The summed E-state index contributed by atoms with van der Waals surface area (Å²) in [7, 11) is 2.97. The molecule has 1 N–H and O–H groups in total. The van der Waals surface area contributed by atoms with Crippen LogP contribution in [0.15, 0.2) is 30.5 Å². The Morgan fingerprint density at radius 3 is 2.67 bits per heavy atom. The number of hydrogen-bond acceptors (Lipinski definition) is 7. The largest absolute Gasteiger partial charge is 0.481 e. The van der Waals surface area contributed by atoms with Crippen molar-refractivity contribution in [3.8, 4) is 11.8 Å². The van der Waals surface area contributed by atoms with Gasteiger partial charge >= 0.3 is 5.69 Å². The number of aromatic nitrogens is 2. The summed E-state index contributed by atoms with van der Waals surface area (Å²) in [5.74, 6) is 0.924. The Hall–Kier alpha value is -2.90. The van der Waals surface area contributed by atoms with E-state index < -0.39 is 4.92 Å². The first-order chi connectivity index (χ1) is 10.1. The lowest BCUT2D eigenvalue weighted by Gasteiger charge is -2.08. The zero-order chi connectivity index (χ0) is 15.2. The lowest BCUT2D eigenvalue weighted by Crippen LogP contribution is -2.06. The number of anilines is 1. The lowest BCUT2D eigenvalue weighted by molar-refractivity contribution is -0.384. The third kappa shape index (κ3) is 3.56. The highest BCUT2D eigenvalue weighted by atomic mass is 16.6. The summed E-state index contributed by atoms with van der Waals surface area (Å²) in [6, 6.07) is 6.31. The van der Waals surface area contributed by atoms with Crippen molar-refractivity contribution in [2.45, 2.75) is 6.54 Å². The first-order valence-corrected chi connectivity index (χ1v) is 6.06. The Morgan fingerprint density at radius 1 is 1.24 bits per heavy atom. The van der Waals surface area contributed by atoms with Crippen molar-refractivity contribution in [1.29, 1.82) is 0 Å². The molecule has 0 bridgehead atoms. The van der Waals surface area contributed by atoms with E-state index in [-0.39, 0.29) is 11.5 Å². The van der Waals surface area contributed by atoms with E-state index in [1.54, 1.807) is 18.3 Å². The van der Waals surface area contributed by atoms with E-state index in [0.29, 0.717) is 18.3 Å². The second-order valence-electron chi connectivity index (χ2n) is 4.04. The van der Waals surface area contributed by atoms with Gasteiger partial charge < -0.3 is 14.8 Å². The monoisotopic (exact) mass is 290 g/mol. The lowest BCUT2D eigenvalue weighted by atomic mass is 10.2. The fraction of sp³-hybridized carbons (Fsp3) is 0.231. The van der Waals surface area contributed by atoms with Crippen molar-refractivity contribution in [3.63, 3.8) is 0 Å². The molecule has 110 valence electrons. The molecule has 0 aliphatic heterocycles. The number of rotatable bonds is 6. The first-order valence-electron chi connectivity index (χ1n) is 6.06. The van der Waals surface area contributed by atoms with E-state index in [4.69, 9.17) is 9.47 Å². The van der Waals surface area contributed by atoms with E-state index in [1.807, 2.05) is 0 Å². The molecule has 2 aromatic rings. The molecule has 0 atom stereocenters. The molecule has 2 aromatic heterocycles. The summed E-state index contributed by atoms with van der Waals surface area (Å²) >= 11 is 0. The molecule has 0 aliphatic rings. The number of hydrogen-bond donors (Lipinski definition) is 1. The number of nitrogens with zero attached hydrogens (tertiary/aromatic N) is 3. The number of methoxy groups -OCH3 is 2. The minimum Gasteiger partial charge on any atom is -0.481 e. The summed E-state index contributed by atoms with van der Waals surface area (Å²) in [4.78, 5) is 18.5. The molecule has 0 radical (unpaired) electrons. The molecule has 8 nitrogen and oxygen atoms in total. The second-order valence-corrected chi connectivity index (χ2v) is 4.04. The molecule has 2 rings (SSSR count). The van der Waals surface area contributed by atoms with Crippen LogP contribution in [-0.4, -0.2) is 29.1 Å². The molecule has 0 aliphatic carbocycles. The molecule has 0 aromatic carbocycles. The molecule has 0 saturated heterocycles. The Bertz CT molecular complexity index is 648. The van der Waals surface area contributed by atoms with Gasteiger partial charge in [0.1, 0.15) is 0 Å². The van der Waals surface area contributed by atoms with E-state index in [2.05, 4.69) is 15.3 Å². The number of nitro groups is 1. The zero-order valence-corrected chi connectivity index (χ0v) is 11.6. The number of nitrogens with one attached hydrogen (secondary N) is 1. The molecular weight excluding hydrogens is 276 g/mol. The van der Waals surface area contributed by atoms with Gasteiger partial charge in [-0.05, 0) is 11.6 Å². The van der Waals surface area contributed by atoms with Gasteiger partial charge in [0.05, 0.1) is 19.1 Å². The van der Waals surface area contributed by atoms with Crippen LogP contribution in [0.4, 0.5) is 11.5 Å².